The molecule has 0 aromatic rings. The van der Waals surface area contributed by atoms with Gasteiger partial charge in [-0.3, -0.25) is 0 Å². The van der Waals surface area contributed by atoms with Crippen LogP contribution >= 0.6 is 0 Å². The van der Waals surface area contributed by atoms with Crippen LogP contribution < -0.4 is 5.32 Å². The number of nitrogens with zero attached hydrogens (tertiary/aromatic N) is 1. The molecule has 1 saturated heterocycles. The monoisotopic (exact) mass is 184 g/mol. The number of nitrogens with one attached hydrogen (secondary N) is 1. The SMILES string of the molecule is CC1CCN(CCNC(C)C)CC1. The van der Waals surface area contributed by atoms with Crippen molar-refractivity contribution in [3.8, 4) is 0 Å². The third-order valence-corrected chi connectivity index (χ3v) is 2.86. The second-order valence-corrected chi connectivity index (χ2v) is 4.63. The first-order valence-corrected chi connectivity index (χ1v) is 5.64. The second kappa shape index (κ2) is 5.61. The largest absolute Gasteiger partial charge is 0.313 e. The van der Waals surface area contributed by atoms with E-state index in [9.17, 15) is 0 Å². The zero-order chi connectivity index (χ0) is 9.68. The molecular weight excluding hydrogens is 160 g/mol. The van der Waals surface area contributed by atoms with Gasteiger partial charge in [-0.15, -0.1) is 0 Å². The molecule has 0 aromatic carbocycles. The Labute approximate surface area is 82.7 Å². The lowest BCUT2D eigenvalue weighted by molar-refractivity contribution is 0.192. The van der Waals surface area contributed by atoms with Crippen molar-refractivity contribution in [1.82, 2.24) is 10.2 Å². The Kier molecular flexibility index (Phi) is 4.74. The highest BCUT2D eigenvalue weighted by molar-refractivity contribution is 4.70. The smallest absolute Gasteiger partial charge is 0.0107 e. The van der Waals surface area contributed by atoms with Gasteiger partial charge in [-0.05, 0) is 31.8 Å². The minimum absolute atomic E-state index is 0.628. The molecule has 1 fully saturated rings. The maximum atomic E-state index is 3.46. The van der Waals surface area contributed by atoms with Gasteiger partial charge in [-0.2, -0.15) is 0 Å². The van der Waals surface area contributed by atoms with Gasteiger partial charge in [-0.25, -0.2) is 0 Å². The molecule has 78 valence electrons. The van der Waals surface area contributed by atoms with Crippen LogP contribution in [0, 0.1) is 5.92 Å². The zero-order valence-electron chi connectivity index (χ0n) is 9.34. The van der Waals surface area contributed by atoms with Gasteiger partial charge in [0.1, 0.15) is 0 Å². The number of likely N-dealkylation sites (tertiary alicyclic amines) is 1. The molecule has 2 nitrogen and oxygen atoms in total. The Morgan fingerprint density at radius 2 is 1.92 bits per heavy atom. The molecule has 0 amide bonds. The van der Waals surface area contributed by atoms with E-state index in [1.54, 1.807) is 0 Å². The summed E-state index contributed by atoms with van der Waals surface area (Å²) in [6.45, 7) is 11.8. The highest BCUT2D eigenvalue weighted by atomic mass is 15.1. The number of hydrogen-bond donors (Lipinski definition) is 1. The molecule has 0 radical (unpaired) electrons. The van der Waals surface area contributed by atoms with Crippen molar-refractivity contribution in [2.24, 2.45) is 5.92 Å². The van der Waals surface area contributed by atoms with Crippen LogP contribution in [0.3, 0.4) is 0 Å². The van der Waals surface area contributed by atoms with E-state index < -0.39 is 0 Å². The molecule has 0 bridgehead atoms. The van der Waals surface area contributed by atoms with Gasteiger partial charge in [-0.1, -0.05) is 20.8 Å². The van der Waals surface area contributed by atoms with Gasteiger partial charge in [0.15, 0.2) is 0 Å². The lowest BCUT2D eigenvalue weighted by Gasteiger charge is -2.30. The van der Waals surface area contributed by atoms with Crippen molar-refractivity contribution >= 4 is 0 Å². The Morgan fingerprint density at radius 3 is 2.46 bits per heavy atom. The summed E-state index contributed by atoms with van der Waals surface area (Å²) in [5.41, 5.74) is 0. The Morgan fingerprint density at radius 1 is 1.31 bits per heavy atom. The maximum absolute atomic E-state index is 3.46. The first kappa shape index (κ1) is 11.0. The topological polar surface area (TPSA) is 15.3 Å². The molecule has 0 spiro atoms. The fraction of sp³-hybridized carbons (Fsp3) is 1.00. The van der Waals surface area contributed by atoms with Crippen molar-refractivity contribution in [3.63, 3.8) is 0 Å². The number of piperidine rings is 1. The molecule has 1 heterocycles. The molecule has 0 unspecified atom stereocenters. The number of rotatable bonds is 4. The van der Waals surface area contributed by atoms with E-state index in [2.05, 4.69) is 31.0 Å². The van der Waals surface area contributed by atoms with Crippen LogP contribution in [0.2, 0.25) is 0 Å². The van der Waals surface area contributed by atoms with Crippen molar-refractivity contribution in [2.75, 3.05) is 26.2 Å². The fourth-order valence-electron chi connectivity index (χ4n) is 1.80. The van der Waals surface area contributed by atoms with E-state index in [-0.39, 0.29) is 0 Å². The van der Waals surface area contributed by atoms with Crippen LogP contribution in [-0.2, 0) is 0 Å². The minimum atomic E-state index is 0.628. The highest BCUT2D eigenvalue weighted by Gasteiger charge is 2.14. The fourth-order valence-corrected chi connectivity index (χ4v) is 1.80. The molecule has 0 saturated carbocycles. The maximum Gasteiger partial charge on any atom is 0.0107 e. The van der Waals surface area contributed by atoms with Gasteiger partial charge < -0.3 is 10.2 Å². The molecule has 13 heavy (non-hydrogen) atoms. The quantitative estimate of drug-likeness (QED) is 0.715. The summed E-state index contributed by atoms with van der Waals surface area (Å²) in [5, 5.41) is 3.46. The Hall–Kier alpha value is -0.0800. The lowest BCUT2D eigenvalue weighted by Crippen LogP contribution is -2.39. The van der Waals surface area contributed by atoms with Gasteiger partial charge in [0.2, 0.25) is 0 Å². The molecule has 0 aromatic heterocycles. The lowest BCUT2D eigenvalue weighted by atomic mass is 9.99. The van der Waals surface area contributed by atoms with E-state index in [1.165, 1.54) is 32.5 Å². The van der Waals surface area contributed by atoms with Crippen LogP contribution in [0.1, 0.15) is 33.6 Å². The molecule has 1 N–H and O–H groups in total. The van der Waals surface area contributed by atoms with Gasteiger partial charge in [0, 0.05) is 19.1 Å². The summed E-state index contributed by atoms with van der Waals surface area (Å²) in [6, 6.07) is 0.628. The normalized spacial score (nSPS) is 21.2. The third-order valence-electron chi connectivity index (χ3n) is 2.86. The first-order valence-electron chi connectivity index (χ1n) is 5.64. The molecule has 2 heteroatoms. The van der Waals surface area contributed by atoms with Crippen LogP contribution in [0.4, 0.5) is 0 Å². The van der Waals surface area contributed by atoms with E-state index in [0.717, 1.165) is 12.5 Å². The third kappa shape index (κ3) is 4.63. The van der Waals surface area contributed by atoms with Gasteiger partial charge in [0.25, 0.3) is 0 Å². The predicted octanol–water partition coefficient (Wildman–Crippen LogP) is 1.72. The summed E-state index contributed by atoms with van der Waals surface area (Å²) in [4.78, 5) is 2.58. The zero-order valence-corrected chi connectivity index (χ0v) is 9.34. The summed E-state index contributed by atoms with van der Waals surface area (Å²) in [5.74, 6) is 0.953. The van der Waals surface area contributed by atoms with E-state index in [0.29, 0.717) is 6.04 Å². The van der Waals surface area contributed by atoms with E-state index >= 15 is 0 Å². The predicted molar refractivity (Wildman–Crippen MR) is 58.0 cm³/mol. The summed E-state index contributed by atoms with van der Waals surface area (Å²) >= 11 is 0. The van der Waals surface area contributed by atoms with Gasteiger partial charge in [0.05, 0.1) is 0 Å². The van der Waals surface area contributed by atoms with Crippen molar-refractivity contribution in [3.05, 3.63) is 0 Å². The highest BCUT2D eigenvalue weighted by Crippen LogP contribution is 2.14. The number of hydrogen-bond acceptors (Lipinski definition) is 2. The minimum Gasteiger partial charge on any atom is -0.313 e. The molecule has 1 aliphatic rings. The average molecular weight is 184 g/mol. The van der Waals surface area contributed by atoms with E-state index in [4.69, 9.17) is 0 Å². The van der Waals surface area contributed by atoms with Crippen molar-refractivity contribution < 1.29 is 0 Å². The molecular formula is C11H24N2. The summed E-state index contributed by atoms with van der Waals surface area (Å²) in [6.07, 6.45) is 2.78. The Balaban J connectivity index is 2.02. The second-order valence-electron chi connectivity index (χ2n) is 4.63. The van der Waals surface area contributed by atoms with Crippen LogP contribution in [0.25, 0.3) is 0 Å². The van der Waals surface area contributed by atoms with Crippen molar-refractivity contribution in [2.45, 2.75) is 39.7 Å². The summed E-state index contributed by atoms with van der Waals surface area (Å²) in [7, 11) is 0. The van der Waals surface area contributed by atoms with Gasteiger partial charge >= 0.3 is 0 Å². The molecule has 1 rings (SSSR count). The van der Waals surface area contributed by atoms with Crippen LogP contribution in [-0.4, -0.2) is 37.1 Å². The molecule has 0 atom stereocenters. The Bertz CT molecular complexity index is 126. The standard InChI is InChI=1S/C11H24N2/c1-10(2)12-6-9-13-7-4-11(3)5-8-13/h10-12H,4-9H2,1-3H3. The summed E-state index contributed by atoms with van der Waals surface area (Å²) < 4.78 is 0. The molecule has 1 aliphatic heterocycles. The molecule has 0 aliphatic carbocycles. The average Bonchev–Trinajstić information content (AvgIpc) is 2.08. The van der Waals surface area contributed by atoms with Crippen LogP contribution in [0.15, 0.2) is 0 Å². The van der Waals surface area contributed by atoms with Crippen LogP contribution in [0.5, 0.6) is 0 Å². The first-order chi connectivity index (χ1) is 6.18. The van der Waals surface area contributed by atoms with Crippen molar-refractivity contribution in [1.29, 1.82) is 0 Å². The van der Waals surface area contributed by atoms with E-state index in [1.807, 2.05) is 0 Å².